The molecule has 4 nitrogen and oxygen atoms in total. The zero-order valence-corrected chi connectivity index (χ0v) is 13.7. The van der Waals surface area contributed by atoms with Crippen LogP contribution < -0.4 is 5.32 Å². The number of hydrogen-bond donors (Lipinski definition) is 2. The second kappa shape index (κ2) is 6.65. The topological polar surface area (TPSA) is 58.3 Å². The summed E-state index contributed by atoms with van der Waals surface area (Å²) in [5.74, 6) is 0.293. The van der Waals surface area contributed by atoms with Gasteiger partial charge in [-0.05, 0) is 68.1 Å². The van der Waals surface area contributed by atoms with Crippen molar-refractivity contribution >= 4 is 11.0 Å². The lowest BCUT2D eigenvalue weighted by molar-refractivity contribution is 0.382. The van der Waals surface area contributed by atoms with Crippen molar-refractivity contribution in [3.63, 3.8) is 0 Å². The number of aromatic nitrogens is 1. The number of benzene rings is 1. The van der Waals surface area contributed by atoms with Crippen LogP contribution in [0.25, 0.3) is 22.2 Å². The number of nitrogens with zero attached hydrogens (tertiary/aromatic N) is 1. The van der Waals surface area contributed by atoms with Crippen molar-refractivity contribution in [2.45, 2.75) is 38.1 Å². The minimum Gasteiger partial charge on any atom is -0.508 e. The molecule has 0 radical (unpaired) electrons. The van der Waals surface area contributed by atoms with Gasteiger partial charge in [-0.1, -0.05) is 6.42 Å². The lowest BCUT2D eigenvalue weighted by Gasteiger charge is -2.23. The second-order valence-electron chi connectivity index (χ2n) is 6.57. The zero-order chi connectivity index (χ0) is 16.4. The van der Waals surface area contributed by atoms with Crippen LogP contribution in [0.4, 0.5) is 0 Å². The lowest BCUT2D eigenvalue weighted by atomic mass is 9.96. The fourth-order valence-electron chi connectivity index (χ4n) is 3.59. The average Bonchev–Trinajstić information content (AvgIpc) is 3.09. The minimum atomic E-state index is 0.293. The summed E-state index contributed by atoms with van der Waals surface area (Å²) in [5.41, 5.74) is 3.76. The Kier molecular flexibility index (Phi) is 4.22. The summed E-state index contributed by atoms with van der Waals surface area (Å²) in [6.07, 6.45) is 9.34. The van der Waals surface area contributed by atoms with Crippen LogP contribution in [0, 0.1) is 0 Å². The van der Waals surface area contributed by atoms with Crippen LogP contribution in [-0.2, 0) is 6.42 Å². The van der Waals surface area contributed by atoms with Crippen molar-refractivity contribution in [2.24, 2.45) is 0 Å². The average molecular weight is 322 g/mol. The Morgan fingerprint density at radius 2 is 2.17 bits per heavy atom. The van der Waals surface area contributed by atoms with E-state index < -0.39 is 0 Å². The van der Waals surface area contributed by atoms with Crippen LogP contribution in [0.2, 0.25) is 0 Å². The Labute approximate surface area is 141 Å². The summed E-state index contributed by atoms with van der Waals surface area (Å²) in [4.78, 5) is 4.50. The van der Waals surface area contributed by atoms with Crippen molar-refractivity contribution in [3.05, 3.63) is 48.4 Å². The van der Waals surface area contributed by atoms with Gasteiger partial charge >= 0.3 is 0 Å². The third kappa shape index (κ3) is 3.15. The molecular weight excluding hydrogens is 300 g/mol. The number of fused-ring (bicyclic) bond motifs is 1. The maximum atomic E-state index is 10.1. The molecule has 1 fully saturated rings. The third-order valence-corrected chi connectivity index (χ3v) is 4.82. The summed E-state index contributed by atoms with van der Waals surface area (Å²) < 4.78 is 5.46. The smallest absolute Gasteiger partial charge is 0.137 e. The van der Waals surface area contributed by atoms with Gasteiger partial charge in [0.25, 0.3) is 0 Å². The molecule has 1 atom stereocenters. The molecular formula is C20H22N2O2. The third-order valence-electron chi connectivity index (χ3n) is 4.82. The number of furan rings is 1. The number of hydrogen-bond acceptors (Lipinski definition) is 4. The number of rotatable bonds is 4. The Morgan fingerprint density at radius 1 is 1.21 bits per heavy atom. The summed E-state index contributed by atoms with van der Waals surface area (Å²) >= 11 is 0. The van der Waals surface area contributed by atoms with Crippen molar-refractivity contribution in [1.82, 2.24) is 10.3 Å². The Hall–Kier alpha value is -2.33. The first-order chi connectivity index (χ1) is 11.8. The first kappa shape index (κ1) is 15.2. The summed E-state index contributed by atoms with van der Waals surface area (Å²) in [5, 5.41) is 14.7. The maximum absolute atomic E-state index is 10.1. The second-order valence-corrected chi connectivity index (χ2v) is 6.57. The van der Waals surface area contributed by atoms with Gasteiger partial charge in [0.15, 0.2) is 0 Å². The molecule has 1 aliphatic heterocycles. The highest BCUT2D eigenvalue weighted by atomic mass is 16.3. The van der Waals surface area contributed by atoms with E-state index in [4.69, 9.17) is 4.42 Å². The van der Waals surface area contributed by atoms with Gasteiger partial charge in [0.1, 0.15) is 11.3 Å². The molecule has 1 aromatic carbocycles. The van der Waals surface area contributed by atoms with Crippen LogP contribution in [0.1, 0.15) is 31.2 Å². The largest absolute Gasteiger partial charge is 0.508 e. The van der Waals surface area contributed by atoms with Crippen LogP contribution >= 0.6 is 0 Å². The predicted octanol–water partition coefficient (Wildman–Crippen LogP) is 4.28. The standard InChI is InChI=1S/C20H22N2O2/c23-17-12-14(4-5-16-3-1-2-8-21-16)11-15(13-17)20-18-7-10-24-19(18)6-9-22-20/h6-7,9-13,16,21,23H,1-5,8H2. The number of phenolic OH excluding ortho intramolecular Hbond substituents is 1. The van der Waals surface area contributed by atoms with Crippen LogP contribution in [0.5, 0.6) is 5.75 Å². The van der Waals surface area contributed by atoms with Crippen molar-refractivity contribution < 1.29 is 9.52 Å². The van der Waals surface area contributed by atoms with Crippen LogP contribution in [-0.4, -0.2) is 22.7 Å². The summed E-state index contributed by atoms with van der Waals surface area (Å²) in [6.45, 7) is 1.13. The molecule has 4 heteroatoms. The van der Waals surface area contributed by atoms with Gasteiger partial charge in [0.2, 0.25) is 0 Å². The van der Waals surface area contributed by atoms with Gasteiger partial charge in [0, 0.05) is 23.2 Å². The molecule has 1 unspecified atom stereocenters. The fourth-order valence-corrected chi connectivity index (χ4v) is 3.59. The fraction of sp³-hybridized carbons (Fsp3) is 0.350. The highest BCUT2D eigenvalue weighted by Crippen LogP contribution is 2.31. The molecule has 3 heterocycles. The van der Waals surface area contributed by atoms with Gasteiger partial charge in [0.05, 0.1) is 12.0 Å². The highest BCUT2D eigenvalue weighted by Gasteiger charge is 2.14. The first-order valence-corrected chi connectivity index (χ1v) is 8.68. The Bertz CT molecular complexity index is 835. The number of aromatic hydroxyl groups is 1. The molecule has 0 bridgehead atoms. The van der Waals surface area contributed by atoms with Crippen LogP contribution in [0.3, 0.4) is 0 Å². The molecule has 2 aromatic heterocycles. The van der Waals surface area contributed by atoms with Gasteiger partial charge in [-0.15, -0.1) is 0 Å². The van der Waals surface area contributed by atoms with E-state index >= 15 is 0 Å². The quantitative estimate of drug-likeness (QED) is 0.753. The van der Waals surface area contributed by atoms with Gasteiger partial charge in [-0.3, -0.25) is 4.98 Å². The molecule has 124 valence electrons. The van der Waals surface area contributed by atoms with E-state index in [0.717, 1.165) is 47.2 Å². The normalized spacial score (nSPS) is 18.1. The molecule has 0 spiro atoms. The number of phenols is 1. The molecule has 3 aromatic rings. The monoisotopic (exact) mass is 322 g/mol. The van der Waals surface area contributed by atoms with Crippen molar-refractivity contribution in [1.29, 1.82) is 0 Å². The van der Waals surface area contributed by atoms with Crippen molar-refractivity contribution in [2.75, 3.05) is 6.54 Å². The molecule has 1 saturated heterocycles. The van der Waals surface area contributed by atoms with E-state index in [2.05, 4.69) is 16.4 Å². The van der Waals surface area contributed by atoms with E-state index in [9.17, 15) is 5.11 Å². The maximum Gasteiger partial charge on any atom is 0.137 e. The Morgan fingerprint density at radius 3 is 3.04 bits per heavy atom. The van der Waals surface area contributed by atoms with E-state index in [-0.39, 0.29) is 0 Å². The van der Waals surface area contributed by atoms with Gasteiger partial charge in [-0.2, -0.15) is 0 Å². The van der Waals surface area contributed by atoms with E-state index in [1.54, 1.807) is 18.5 Å². The van der Waals surface area contributed by atoms with E-state index in [0.29, 0.717) is 11.8 Å². The molecule has 0 saturated carbocycles. The highest BCUT2D eigenvalue weighted by molar-refractivity contribution is 5.91. The van der Waals surface area contributed by atoms with Crippen molar-refractivity contribution in [3.8, 4) is 17.0 Å². The summed E-state index contributed by atoms with van der Waals surface area (Å²) in [7, 11) is 0. The lowest BCUT2D eigenvalue weighted by Crippen LogP contribution is -2.34. The SMILES string of the molecule is Oc1cc(CCC2CCCCN2)cc(-c2nccc3occc23)c1. The molecule has 0 aliphatic carbocycles. The number of aryl methyl sites for hydroxylation is 1. The van der Waals surface area contributed by atoms with E-state index in [1.807, 2.05) is 18.2 Å². The van der Waals surface area contributed by atoms with Gasteiger partial charge < -0.3 is 14.8 Å². The minimum absolute atomic E-state index is 0.293. The molecule has 1 aliphatic rings. The first-order valence-electron chi connectivity index (χ1n) is 8.68. The van der Waals surface area contributed by atoms with Gasteiger partial charge in [-0.25, -0.2) is 0 Å². The van der Waals surface area contributed by atoms with Crippen LogP contribution in [0.15, 0.2) is 47.2 Å². The number of pyridine rings is 1. The molecule has 24 heavy (non-hydrogen) atoms. The molecule has 0 amide bonds. The number of piperidine rings is 1. The summed E-state index contributed by atoms with van der Waals surface area (Å²) in [6, 6.07) is 10.2. The number of nitrogens with one attached hydrogen (secondary N) is 1. The molecule has 2 N–H and O–H groups in total. The van der Waals surface area contributed by atoms with E-state index in [1.165, 1.54) is 19.3 Å². The Balaban J connectivity index is 1.60. The molecule has 4 rings (SSSR count). The zero-order valence-electron chi connectivity index (χ0n) is 13.7. The predicted molar refractivity (Wildman–Crippen MR) is 95.1 cm³/mol.